The van der Waals surface area contributed by atoms with Crippen molar-refractivity contribution in [1.29, 1.82) is 0 Å². The summed E-state index contributed by atoms with van der Waals surface area (Å²) in [7, 11) is 0. The van der Waals surface area contributed by atoms with Gasteiger partial charge < -0.3 is 15.4 Å². The van der Waals surface area contributed by atoms with Gasteiger partial charge in [-0.15, -0.1) is 11.8 Å². The van der Waals surface area contributed by atoms with Crippen LogP contribution < -0.4 is 10.6 Å². The van der Waals surface area contributed by atoms with Gasteiger partial charge in [-0.3, -0.25) is 9.69 Å². The van der Waals surface area contributed by atoms with Crippen LogP contribution >= 0.6 is 23.4 Å². The van der Waals surface area contributed by atoms with Crippen LogP contribution in [-0.2, 0) is 9.53 Å². The molecule has 0 spiro atoms. The Labute approximate surface area is 188 Å². The highest BCUT2D eigenvalue weighted by Gasteiger charge is 2.19. The smallest absolute Gasteiger partial charge is 0.234 e. The van der Waals surface area contributed by atoms with Crippen LogP contribution in [0.15, 0.2) is 53.4 Å². The van der Waals surface area contributed by atoms with Gasteiger partial charge in [-0.25, -0.2) is 0 Å². The summed E-state index contributed by atoms with van der Waals surface area (Å²) < 4.78 is 5.46. The van der Waals surface area contributed by atoms with Gasteiger partial charge in [-0.05, 0) is 36.8 Å². The molecule has 2 N–H and O–H groups in total. The van der Waals surface area contributed by atoms with Crippen molar-refractivity contribution in [3.8, 4) is 0 Å². The number of carbonyl (C=O) groups excluding carboxylic acids is 1. The van der Waals surface area contributed by atoms with E-state index in [0.717, 1.165) is 48.5 Å². The summed E-state index contributed by atoms with van der Waals surface area (Å²) in [5, 5.41) is 7.19. The third-order valence-electron chi connectivity index (χ3n) is 5.04. The molecule has 1 fully saturated rings. The molecule has 5 nitrogen and oxygen atoms in total. The van der Waals surface area contributed by atoms with E-state index >= 15 is 0 Å². The van der Waals surface area contributed by atoms with E-state index in [0.29, 0.717) is 13.1 Å². The van der Waals surface area contributed by atoms with Crippen LogP contribution in [0.25, 0.3) is 0 Å². The second-order valence-electron chi connectivity index (χ2n) is 7.41. The van der Waals surface area contributed by atoms with Crippen LogP contribution in [0.1, 0.15) is 17.2 Å². The summed E-state index contributed by atoms with van der Waals surface area (Å²) in [6.07, 6.45) is 0. The van der Waals surface area contributed by atoms with Crippen molar-refractivity contribution < 1.29 is 9.53 Å². The lowest BCUT2D eigenvalue weighted by molar-refractivity contribution is -0.120. The van der Waals surface area contributed by atoms with E-state index in [9.17, 15) is 4.79 Å². The summed E-state index contributed by atoms with van der Waals surface area (Å²) in [6, 6.07) is 16.4. The normalized spacial score (nSPS) is 15.7. The number of amides is 1. The fourth-order valence-corrected chi connectivity index (χ4v) is 4.19. The third-order valence-corrected chi connectivity index (χ3v) is 6.31. The largest absolute Gasteiger partial charge is 0.379 e. The second kappa shape index (κ2) is 12.3. The zero-order valence-corrected chi connectivity index (χ0v) is 19.0. The van der Waals surface area contributed by atoms with Gasteiger partial charge in [0.25, 0.3) is 0 Å². The van der Waals surface area contributed by atoms with Gasteiger partial charge in [0.15, 0.2) is 0 Å². The third kappa shape index (κ3) is 7.93. The van der Waals surface area contributed by atoms with E-state index in [1.807, 2.05) is 24.3 Å². The fourth-order valence-electron chi connectivity index (χ4n) is 3.30. The minimum absolute atomic E-state index is 0.0193. The minimum atomic E-state index is 0.0193. The van der Waals surface area contributed by atoms with E-state index in [2.05, 4.69) is 46.7 Å². The second-order valence-corrected chi connectivity index (χ2v) is 9.01. The lowest BCUT2D eigenvalue weighted by Gasteiger charge is -2.31. The first-order valence-electron chi connectivity index (χ1n) is 10.4. The number of aryl methyl sites for hydroxylation is 1. The molecule has 0 aromatic heterocycles. The molecule has 2 aromatic rings. The van der Waals surface area contributed by atoms with Crippen molar-refractivity contribution in [3.05, 3.63) is 64.7 Å². The molecule has 7 heteroatoms. The molecule has 1 saturated heterocycles. The standard InChI is InChI=1S/C23H30ClN3O2S/c1-18-2-4-19(5-3-18)22(17-27-11-13-29-14-12-27)26-16-23(28)25-10-15-30-21-8-6-20(24)7-9-21/h2-9,22,26H,10-17H2,1H3,(H,25,28)/t22-/m1/s1. The maximum atomic E-state index is 12.3. The lowest BCUT2D eigenvalue weighted by atomic mass is 10.0. The van der Waals surface area contributed by atoms with Gasteiger partial charge in [-0.2, -0.15) is 0 Å². The lowest BCUT2D eigenvalue weighted by Crippen LogP contribution is -2.44. The number of nitrogens with zero attached hydrogens (tertiary/aromatic N) is 1. The van der Waals surface area contributed by atoms with Crippen LogP contribution in [0.5, 0.6) is 0 Å². The highest BCUT2D eigenvalue weighted by Crippen LogP contribution is 2.19. The number of rotatable bonds is 10. The molecule has 0 bridgehead atoms. The Morgan fingerprint density at radius 2 is 1.83 bits per heavy atom. The Morgan fingerprint density at radius 1 is 1.13 bits per heavy atom. The molecule has 2 aromatic carbocycles. The van der Waals surface area contributed by atoms with E-state index in [1.54, 1.807) is 11.8 Å². The summed E-state index contributed by atoms with van der Waals surface area (Å²) in [4.78, 5) is 15.9. The number of benzene rings is 2. The zero-order chi connectivity index (χ0) is 21.2. The number of thioether (sulfide) groups is 1. The van der Waals surface area contributed by atoms with Crippen molar-refractivity contribution in [2.45, 2.75) is 17.9 Å². The summed E-state index contributed by atoms with van der Waals surface area (Å²) in [6.45, 7) is 7.28. The number of halogens is 1. The van der Waals surface area contributed by atoms with Crippen molar-refractivity contribution >= 4 is 29.3 Å². The zero-order valence-electron chi connectivity index (χ0n) is 17.4. The van der Waals surface area contributed by atoms with E-state index in [4.69, 9.17) is 16.3 Å². The van der Waals surface area contributed by atoms with Crippen LogP contribution in [0.4, 0.5) is 0 Å². The Hall–Kier alpha value is -1.57. The maximum Gasteiger partial charge on any atom is 0.234 e. The predicted molar refractivity (Wildman–Crippen MR) is 124 cm³/mol. The van der Waals surface area contributed by atoms with Crippen molar-refractivity contribution in [2.24, 2.45) is 0 Å². The molecule has 0 radical (unpaired) electrons. The molecule has 0 saturated carbocycles. The van der Waals surface area contributed by atoms with Gasteiger partial charge in [-0.1, -0.05) is 41.4 Å². The summed E-state index contributed by atoms with van der Waals surface area (Å²) >= 11 is 7.61. The van der Waals surface area contributed by atoms with E-state index < -0.39 is 0 Å². The van der Waals surface area contributed by atoms with Gasteiger partial charge in [0.2, 0.25) is 5.91 Å². The minimum Gasteiger partial charge on any atom is -0.379 e. The SMILES string of the molecule is Cc1ccc([C@@H](CN2CCOCC2)NCC(=O)NCCSc2ccc(Cl)cc2)cc1. The summed E-state index contributed by atoms with van der Waals surface area (Å²) in [5.74, 6) is 0.841. The molecular formula is C23H30ClN3O2S. The average molecular weight is 448 g/mol. The number of hydrogen-bond donors (Lipinski definition) is 2. The molecule has 1 amide bonds. The molecular weight excluding hydrogens is 418 g/mol. The first kappa shape index (κ1) is 23.1. The molecule has 30 heavy (non-hydrogen) atoms. The number of ether oxygens (including phenoxy) is 1. The van der Waals surface area contributed by atoms with Crippen LogP contribution in [0, 0.1) is 6.92 Å². The van der Waals surface area contributed by atoms with Gasteiger partial charge >= 0.3 is 0 Å². The molecule has 3 rings (SSSR count). The fraction of sp³-hybridized carbons (Fsp3) is 0.435. The Balaban J connectivity index is 1.44. The van der Waals surface area contributed by atoms with E-state index in [-0.39, 0.29) is 11.9 Å². The Morgan fingerprint density at radius 3 is 2.53 bits per heavy atom. The highest BCUT2D eigenvalue weighted by molar-refractivity contribution is 7.99. The molecule has 1 atom stereocenters. The Kier molecular flexibility index (Phi) is 9.49. The Bertz CT molecular complexity index is 780. The van der Waals surface area contributed by atoms with Crippen LogP contribution in [0.3, 0.4) is 0 Å². The molecule has 1 heterocycles. The number of carbonyl (C=O) groups is 1. The number of nitrogens with one attached hydrogen (secondary N) is 2. The number of hydrogen-bond acceptors (Lipinski definition) is 5. The van der Waals surface area contributed by atoms with Gasteiger partial charge in [0.1, 0.15) is 0 Å². The quantitative estimate of drug-likeness (QED) is 0.431. The van der Waals surface area contributed by atoms with Crippen molar-refractivity contribution in [2.75, 3.05) is 51.7 Å². The van der Waals surface area contributed by atoms with E-state index in [1.165, 1.54) is 11.1 Å². The molecule has 0 unspecified atom stereocenters. The summed E-state index contributed by atoms with van der Waals surface area (Å²) in [5.41, 5.74) is 2.44. The van der Waals surface area contributed by atoms with Crippen molar-refractivity contribution in [1.82, 2.24) is 15.5 Å². The monoisotopic (exact) mass is 447 g/mol. The average Bonchev–Trinajstić information content (AvgIpc) is 2.77. The van der Waals surface area contributed by atoms with Crippen molar-refractivity contribution in [3.63, 3.8) is 0 Å². The molecule has 162 valence electrons. The van der Waals surface area contributed by atoms with Gasteiger partial charge in [0.05, 0.1) is 19.8 Å². The van der Waals surface area contributed by atoms with Crippen LogP contribution in [0.2, 0.25) is 5.02 Å². The van der Waals surface area contributed by atoms with Gasteiger partial charge in [0, 0.05) is 47.9 Å². The maximum absolute atomic E-state index is 12.3. The molecule has 1 aliphatic rings. The molecule has 0 aliphatic carbocycles. The predicted octanol–water partition coefficient (Wildman–Crippen LogP) is 3.52. The first-order valence-corrected chi connectivity index (χ1v) is 11.7. The van der Waals surface area contributed by atoms with Crippen LogP contribution in [-0.4, -0.2) is 62.5 Å². The topological polar surface area (TPSA) is 53.6 Å². The number of morpholine rings is 1. The molecule has 1 aliphatic heterocycles. The first-order chi connectivity index (χ1) is 14.6. The highest BCUT2D eigenvalue weighted by atomic mass is 35.5.